The SMILES string of the molecule is CN1CCC2(C1)OCCNC2c1cccnc1. The Labute approximate surface area is 102 Å². The second-order valence-corrected chi connectivity index (χ2v) is 5.07. The van der Waals surface area contributed by atoms with Crippen molar-refractivity contribution in [3.05, 3.63) is 30.1 Å². The predicted octanol–water partition coefficient (Wildman–Crippen LogP) is 0.817. The molecular formula is C13H19N3O. The summed E-state index contributed by atoms with van der Waals surface area (Å²) in [5.74, 6) is 0. The van der Waals surface area contributed by atoms with E-state index in [4.69, 9.17) is 4.74 Å². The number of pyridine rings is 1. The first-order valence-corrected chi connectivity index (χ1v) is 6.26. The molecule has 1 aromatic rings. The van der Waals surface area contributed by atoms with Gasteiger partial charge in [0, 0.05) is 32.0 Å². The number of nitrogens with zero attached hydrogens (tertiary/aromatic N) is 2. The van der Waals surface area contributed by atoms with E-state index in [1.165, 1.54) is 5.56 Å². The molecule has 3 heterocycles. The Hall–Kier alpha value is -0.970. The van der Waals surface area contributed by atoms with Gasteiger partial charge in [-0.3, -0.25) is 4.98 Å². The first kappa shape index (κ1) is 11.1. The fourth-order valence-corrected chi connectivity index (χ4v) is 3.04. The number of likely N-dealkylation sites (tertiary alicyclic amines) is 1. The number of hydrogen-bond acceptors (Lipinski definition) is 4. The van der Waals surface area contributed by atoms with Crippen LogP contribution in [0.2, 0.25) is 0 Å². The summed E-state index contributed by atoms with van der Waals surface area (Å²) in [6.07, 6.45) is 4.86. The summed E-state index contributed by atoms with van der Waals surface area (Å²) in [4.78, 5) is 6.57. The lowest BCUT2D eigenvalue weighted by molar-refractivity contribution is -0.0890. The van der Waals surface area contributed by atoms with Crippen LogP contribution in [0.1, 0.15) is 18.0 Å². The van der Waals surface area contributed by atoms with Crippen LogP contribution in [0.15, 0.2) is 24.5 Å². The average Bonchev–Trinajstić information content (AvgIpc) is 2.73. The zero-order valence-corrected chi connectivity index (χ0v) is 10.2. The number of likely N-dealkylation sites (N-methyl/N-ethyl adjacent to an activating group) is 1. The van der Waals surface area contributed by atoms with Gasteiger partial charge in [-0.05, 0) is 25.1 Å². The van der Waals surface area contributed by atoms with Gasteiger partial charge in [-0.25, -0.2) is 0 Å². The molecule has 0 bridgehead atoms. The van der Waals surface area contributed by atoms with Gasteiger partial charge in [-0.15, -0.1) is 0 Å². The largest absolute Gasteiger partial charge is 0.370 e. The second-order valence-electron chi connectivity index (χ2n) is 5.07. The second kappa shape index (κ2) is 4.37. The van der Waals surface area contributed by atoms with Crippen LogP contribution in [0.25, 0.3) is 0 Å². The molecule has 0 aliphatic carbocycles. The van der Waals surface area contributed by atoms with E-state index in [9.17, 15) is 0 Å². The Morgan fingerprint density at radius 1 is 1.59 bits per heavy atom. The van der Waals surface area contributed by atoms with E-state index in [0.717, 1.165) is 32.7 Å². The van der Waals surface area contributed by atoms with Crippen molar-refractivity contribution in [1.82, 2.24) is 15.2 Å². The Balaban J connectivity index is 1.91. The van der Waals surface area contributed by atoms with E-state index < -0.39 is 0 Å². The van der Waals surface area contributed by atoms with Crippen LogP contribution in [-0.4, -0.2) is 48.8 Å². The molecule has 3 rings (SSSR count). The van der Waals surface area contributed by atoms with Crippen molar-refractivity contribution in [3.8, 4) is 0 Å². The molecule has 1 spiro atoms. The first-order valence-electron chi connectivity index (χ1n) is 6.26. The molecule has 92 valence electrons. The molecule has 1 N–H and O–H groups in total. The Morgan fingerprint density at radius 3 is 3.24 bits per heavy atom. The summed E-state index contributed by atoms with van der Waals surface area (Å²) >= 11 is 0. The van der Waals surface area contributed by atoms with E-state index >= 15 is 0 Å². The Bertz CT molecular complexity index is 380. The van der Waals surface area contributed by atoms with Crippen LogP contribution in [0.5, 0.6) is 0 Å². The summed E-state index contributed by atoms with van der Waals surface area (Å²) in [7, 11) is 2.16. The highest BCUT2D eigenvalue weighted by Crippen LogP contribution is 2.38. The predicted molar refractivity (Wildman–Crippen MR) is 65.8 cm³/mol. The zero-order chi connectivity index (χ0) is 11.7. The number of morpholine rings is 1. The number of rotatable bonds is 1. The van der Waals surface area contributed by atoms with E-state index in [1.54, 1.807) is 0 Å². The minimum atomic E-state index is -0.0595. The molecule has 2 saturated heterocycles. The quantitative estimate of drug-likeness (QED) is 0.779. The molecule has 2 fully saturated rings. The normalized spacial score (nSPS) is 34.3. The van der Waals surface area contributed by atoms with E-state index in [-0.39, 0.29) is 11.6 Å². The Kier molecular flexibility index (Phi) is 2.86. The number of aromatic nitrogens is 1. The van der Waals surface area contributed by atoms with E-state index in [0.29, 0.717) is 0 Å². The lowest BCUT2D eigenvalue weighted by Gasteiger charge is -2.42. The van der Waals surface area contributed by atoms with Gasteiger partial charge in [-0.2, -0.15) is 0 Å². The maximum atomic E-state index is 6.13. The van der Waals surface area contributed by atoms with Crippen molar-refractivity contribution in [2.24, 2.45) is 0 Å². The third-order valence-electron chi connectivity index (χ3n) is 3.84. The number of nitrogens with one attached hydrogen (secondary N) is 1. The average molecular weight is 233 g/mol. The summed E-state index contributed by atoms with van der Waals surface area (Å²) in [5, 5.41) is 3.60. The van der Waals surface area contributed by atoms with Crippen molar-refractivity contribution in [1.29, 1.82) is 0 Å². The smallest absolute Gasteiger partial charge is 0.101 e. The molecular weight excluding hydrogens is 214 g/mol. The van der Waals surface area contributed by atoms with Gasteiger partial charge in [0.2, 0.25) is 0 Å². The molecule has 4 nitrogen and oxygen atoms in total. The molecule has 0 aromatic carbocycles. The van der Waals surface area contributed by atoms with Crippen LogP contribution in [0, 0.1) is 0 Å². The van der Waals surface area contributed by atoms with Gasteiger partial charge in [0.25, 0.3) is 0 Å². The highest BCUT2D eigenvalue weighted by Gasteiger charge is 2.47. The molecule has 17 heavy (non-hydrogen) atoms. The van der Waals surface area contributed by atoms with Crippen molar-refractivity contribution in [2.75, 3.05) is 33.3 Å². The molecule has 2 aliphatic heterocycles. The summed E-state index contributed by atoms with van der Waals surface area (Å²) < 4.78 is 6.13. The van der Waals surface area contributed by atoms with Gasteiger partial charge in [0.1, 0.15) is 5.60 Å². The minimum Gasteiger partial charge on any atom is -0.370 e. The van der Waals surface area contributed by atoms with Crippen LogP contribution < -0.4 is 5.32 Å². The van der Waals surface area contributed by atoms with Crippen molar-refractivity contribution in [2.45, 2.75) is 18.1 Å². The lowest BCUT2D eigenvalue weighted by atomic mass is 9.87. The fourth-order valence-electron chi connectivity index (χ4n) is 3.04. The molecule has 2 unspecified atom stereocenters. The van der Waals surface area contributed by atoms with Crippen LogP contribution in [0.3, 0.4) is 0 Å². The van der Waals surface area contributed by atoms with Gasteiger partial charge in [0.15, 0.2) is 0 Å². The lowest BCUT2D eigenvalue weighted by Crippen LogP contribution is -2.53. The molecule has 0 amide bonds. The summed E-state index contributed by atoms with van der Waals surface area (Å²) in [5.41, 5.74) is 1.18. The zero-order valence-electron chi connectivity index (χ0n) is 10.2. The molecule has 4 heteroatoms. The van der Waals surface area contributed by atoms with Crippen molar-refractivity contribution in [3.63, 3.8) is 0 Å². The Morgan fingerprint density at radius 2 is 2.53 bits per heavy atom. The van der Waals surface area contributed by atoms with Gasteiger partial charge in [-0.1, -0.05) is 6.07 Å². The van der Waals surface area contributed by atoms with Gasteiger partial charge in [0.05, 0.1) is 12.6 Å². The fraction of sp³-hybridized carbons (Fsp3) is 0.615. The van der Waals surface area contributed by atoms with Gasteiger partial charge < -0.3 is 15.0 Å². The monoisotopic (exact) mass is 233 g/mol. The molecule has 2 atom stereocenters. The van der Waals surface area contributed by atoms with Crippen molar-refractivity contribution < 1.29 is 4.74 Å². The molecule has 1 aromatic heterocycles. The topological polar surface area (TPSA) is 37.4 Å². The maximum Gasteiger partial charge on any atom is 0.101 e. The highest BCUT2D eigenvalue weighted by atomic mass is 16.5. The van der Waals surface area contributed by atoms with Crippen molar-refractivity contribution >= 4 is 0 Å². The third-order valence-corrected chi connectivity index (χ3v) is 3.84. The van der Waals surface area contributed by atoms with Crippen LogP contribution in [0.4, 0.5) is 0 Å². The van der Waals surface area contributed by atoms with Crippen LogP contribution >= 0.6 is 0 Å². The third kappa shape index (κ3) is 1.97. The summed E-state index contributed by atoms with van der Waals surface area (Å²) in [6.45, 7) is 3.84. The van der Waals surface area contributed by atoms with E-state index in [1.807, 2.05) is 18.5 Å². The van der Waals surface area contributed by atoms with Gasteiger partial charge >= 0.3 is 0 Å². The number of ether oxygens (including phenoxy) is 1. The van der Waals surface area contributed by atoms with E-state index in [2.05, 4.69) is 28.3 Å². The number of hydrogen-bond donors (Lipinski definition) is 1. The first-order chi connectivity index (χ1) is 8.30. The summed E-state index contributed by atoms with van der Waals surface area (Å²) in [6, 6.07) is 4.41. The molecule has 0 saturated carbocycles. The molecule has 0 radical (unpaired) electrons. The maximum absolute atomic E-state index is 6.13. The van der Waals surface area contributed by atoms with Crippen LogP contribution in [-0.2, 0) is 4.74 Å². The molecule has 2 aliphatic rings. The highest BCUT2D eigenvalue weighted by molar-refractivity contribution is 5.21. The minimum absolute atomic E-state index is 0.0595. The standard InChI is InChI=1S/C13H19N3O/c1-16-7-4-13(10-16)12(15-6-8-17-13)11-3-2-5-14-9-11/h2-3,5,9,12,15H,4,6-8,10H2,1H3.